The molecule has 0 aromatic heterocycles. The number of piperidine rings is 1. The second kappa shape index (κ2) is 9.43. The van der Waals surface area contributed by atoms with Crippen LogP contribution >= 0.6 is 0 Å². The number of imide groups is 2. The van der Waals surface area contributed by atoms with E-state index >= 15 is 0 Å². The van der Waals surface area contributed by atoms with Gasteiger partial charge in [0.05, 0.1) is 16.9 Å². The molecule has 2 aliphatic rings. The first-order valence-electron chi connectivity index (χ1n) is 10.7. The lowest BCUT2D eigenvalue weighted by molar-refractivity contribution is -0.136. The average molecular weight is 488 g/mol. The molecular formula is C23H22FN3O6S. The van der Waals surface area contributed by atoms with Crippen molar-refractivity contribution in [2.45, 2.75) is 37.5 Å². The molecule has 34 heavy (non-hydrogen) atoms. The van der Waals surface area contributed by atoms with E-state index in [2.05, 4.69) is 10.0 Å². The summed E-state index contributed by atoms with van der Waals surface area (Å²) >= 11 is 0. The zero-order valence-electron chi connectivity index (χ0n) is 18.0. The standard InChI is InChI=1S/C23H22FN3O6S/c24-18-6-2-1-5-15(18)13-34(32,33)25-11-3-4-14-7-8-16-17(12-14)23(31)27(22(16)30)19-9-10-20(28)26-21(19)29/h1-2,5-8,12,19,25H,3-4,9-11,13H2,(H,26,28,29). The Morgan fingerprint density at radius 1 is 1.03 bits per heavy atom. The Balaban J connectivity index is 1.35. The Bertz CT molecular complexity index is 1290. The van der Waals surface area contributed by atoms with Gasteiger partial charge in [-0.2, -0.15) is 0 Å². The van der Waals surface area contributed by atoms with Crippen LogP contribution in [-0.2, 0) is 31.8 Å². The number of aryl methyl sites for hydroxylation is 1. The first kappa shape index (κ1) is 23.7. The van der Waals surface area contributed by atoms with Gasteiger partial charge in [0.15, 0.2) is 0 Å². The summed E-state index contributed by atoms with van der Waals surface area (Å²) in [5, 5.41) is 2.15. The normalized spacial score (nSPS) is 18.3. The molecule has 1 fully saturated rings. The fourth-order valence-electron chi connectivity index (χ4n) is 4.07. The number of hydrogen-bond donors (Lipinski definition) is 2. The molecule has 1 saturated heterocycles. The van der Waals surface area contributed by atoms with E-state index in [-0.39, 0.29) is 36.1 Å². The monoisotopic (exact) mass is 487 g/mol. The molecule has 1 unspecified atom stereocenters. The minimum Gasteiger partial charge on any atom is -0.295 e. The van der Waals surface area contributed by atoms with Crippen LogP contribution in [0.5, 0.6) is 0 Å². The van der Waals surface area contributed by atoms with Gasteiger partial charge in [-0.25, -0.2) is 17.5 Å². The molecule has 2 aromatic rings. The summed E-state index contributed by atoms with van der Waals surface area (Å²) in [4.78, 5) is 50.0. The van der Waals surface area contributed by atoms with Crippen molar-refractivity contribution < 1.29 is 32.0 Å². The minimum atomic E-state index is -3.72. The van der Waals surface area contributed by atoms with E-state index in [0.29, 0.717) is 12.8 Å². The van der Waals surface area contributed by atoms with Crippen LogP contribution < -0.4 is 10.0 Å². The van der Waals surface area contributed by atoms with Gasteiger partial charge in [-0.15, -0.1) is 0 Å². The lowest BCUT2D eigenvalue weighted by atomic mass is 10.0. The first-order chi connectivity index (χ1) is 16.2. The number of benzene rings is 2. The molecule has 178 valence electrons. The fourth-order valence-corrected chi connectivity index (χ4v) is 5.27. The maximum atomic E-state index is 13.7. The summed E-state index contributed by atoms with van der Waals surface area (Å²) in [5.74, 6) is -3.34. The Hall–Kier alpha value is -3.44. The van der Waals surface area contributed by atoms with Crippen LogP contribution in [0.15, 0.2) is 42.5 Å². The van der Waals surface area contributed by atoms with Crippen molar-refractivity contribution in [3.8, 4) is 0 Å². The summed E-state index contributed by atoms with van der Waals surface area (Å²) < 4.78 is 40.6. The molecule has 0 saturated carbocycles. The van der Waals surface area contributed by atoms with Crippen LogP contribution in [0.2, 0.25) is 0 Å². The molecule has 9 nitrogen and oxygen atoms in total. The number of rotatable bonds is 8. The van der Waals surface area contributed by atoms with Gasteiger partial charge >= 0.3 is 0 Å². The molecule has 2 aliphatic heterocycles. The summed E-state index contributed by atoms with van der Waals surface area (Å²) in [6.45, 7) is 0.114. The molecule has 4 rings (SSSR count). The molecule has 0 spiro atoms. The largest absolute Gasteiger partial charge is 0.295 e. The van der Waals surface area contributed by atoms with E-state index in [9.17, 15) is 32.0 Å². The predicted molar refractivity (Wildman–Crippen MR) is 118 cm³/mol. The number of sulfonamides is 1. The van der Waals surface area contributed by atoms with Crippen molar-refractivity contribution in [1.82, 2.24) is 14.9 Å². The number of carbonyl (C=O) groups is 4. The van der Waals surface area contributed by atoms with Gasteiger partial charge in [0.25, 0.3) is 11.8 Å². The molecule has 2 heterocycles. The molecule has 11 heteroatoms. The average Bonchev–Trinajstić information content (AvgIpc) is 3.03. The SMILES string of the molecule is O=C1CCC(N2C(=O)c3ccc(CCCNS(=O)(=O)Cc4ccccc4F)cc3C2=O)C(=O)N1. The molecule has 1 atom stereocenters. The van der Waals surface area contributed by atoms with Gasteiger partial charge in [-0.05, 0) is 43.0 Å². The maximum absolute atomic E-state index is 13.7. The van der Waals surface area contributed by atoms with E-state index in [1.54, 1.807) is 18.2 Å². The summed E-state index contributed by atoms with van der Waals surface area (Å²) in [6, 6.07) is 9.38. The van der Waals surface area contributed by atoms with Gasteiger partial charge in [0.1, 0.15) is 11.9 Å². The third-order valence-electron chi connectivity index (χ3n) is 5.77. The third-order valence-corrected chi connectivity index (χ3v) is 7.11. The summed E-state index contributed by atoms with van der Waals surface area (Å²) in [5.41, 5.74) is 1.16. The lowest BCUT2D eigenvalue weighted by Crippen LogP contribution is -2.54. The van der Waals surface area contributed by atoms with E-state index < -0.39 is 51.3 Å². The summed E-state index contributed by atoms with van der Waals surface area (Å²) in [7, 11) is -3.72. The maximum Gasteiger partial charge on any atom is 0.262 e. The van der Waals surface area contributed by atoms with Crippen LogP contribution in [0.3, 0.4) is 0 Å². The number of nitrogens with zero attached hydrogens (tertiary/aromatic N) is 1. The molecule has 0 aliphatic carbocycles. The van der Waals surface area contributed by atoms with E-state index in [4.69, 9.17) is 0 Å². The molecule has 0 radical (unpaired) electrons. The van der Waals surface area contributed by atoms with Crippen molar-refractivity contribution in [3.63, 3.8) is 0 Å². The highest BCUT2D eigenvalue weighted by Crippen LogP contribution is 2.28. The fraction of sp³-hybridized carbons (Fsp3) is 0.304. The Morgan fingerprint density at radius 2 is 1.76 bits per heavy atom. The van der Waals surface area contributed by atoms with Crippen molar-refractivity contribution in [2.75, 3.05) is 6.54 Å². The number of hydrogen-bond acceptors (Lipinski definition) is 6. The Labute approximate surface area is 195 Å². The van der Waals surface area contributed by atoms with Gasteiger partial charge < -0.3 is 0 Å². The van der Waals surface area contributed by atoms with Gasteiger partial charge in [-0.1, -0.05) is 24.3 Å². The molecular weight excluding hydrogens is 465 g/mol. The first-order valence-corrected chi connectivity index (χ1v) is 12.4. The van der Waals surface area contributed by atoms with Crippen LogP contribution in [0, 0.1) is 5.82 Å². The van der Waals surface area contributed by atoms with E-state index in [0.717, 1.165) is 10.5 Å². The van der Waals surface area contributed by atoms with Crippen LogP contribution in [-0.4, -0.2) is 49.5 Å². The topological polar surface area (TPSA) is 130 Å². The Morgan fingerprint density at radius 3 is 2.50 bits per heavy atom. The highest BCUT2D eigenvalue weighted by molar-refractivity contribution is 7.88. The van der Waals surface area contributed by atoms with Crippen molar-refractivity contribution in [2.24, 2.45) is 0 Å². The van der Waals surface area contributed by atoms with Crippen molar-refractivity contribution in [3.05, 3.63) is 70.5 Å². The molecule has 2 N–H and O–H groups in total. The number of amides is 4. The number of nitrogens with one attached hydrogen (secondary N) is 2. The highest BCUT2D eigenvalue weighted by Gasteiger charge is 2.44. The highest BCUT2D eigenvalue weighted by atomic mass is 32.2. The number of fused-ring (bicyclic) bond motifs is 1. The zero-order valence-corrected chi connectivity index (χ0v) is 18.9. The van der Waals surface area contributed by atoms with Crippen molar-refractivity contribution >= 4 is 33.7 Å². The van der Waals surface area contributed by atoms with Crippen LogP contribution in [0.25, 0.3) is 0 Å². The smallest absolute Gasteiger partial charge is 0.262 e. The van der Waals surface area contributed by atoms with Gasteiger partial charge in [0.2, 0.25) is 21.8 Å². The Kier molecular flexibility index (Phi) is 6.58. The second-order valence-corrected chi connectivity index (χ2v) is 9.98. The minimum absolute atomic E-state index is 0.0435. The van der Waals surface area contributed by atoms with Gasteiger partial charge in [0, 0.05) is 18.5 Å². The van der Waals surface area contributed by atoms with E-state index in [1.165, 1.54) is 24.3 Å². The summed E-state index contributed by atoms with van der Waals surface area (Å²) in [6.07, 6.45) is 0.960. The predicted octanol–water partition coefficient (Wildman–Crippen LogP) is 1.28. The van der Waals surface area contributed by atoms with Gasteiger partial charge in [-0.3, -0.25) is 29.4 Å². The molecule has 4 amide bonds. The molecule has 0 bridgehead atoms. The van der Waals surface area contributed by atoms with Crippen LogP contribution in [0.4, 0.5) is 4.39 Å². The van der Waals surface area contributed by atoms with E-state index in [1.807, 2.05) is 0 Å². The van der Waals surface area contributed by atoms with Crippen LogP contribution in [0.1, 0.15) is 51.1 Å². The second-order valence-electron chi connectivity index (χ2n) is 8.18. The lowest BCUT2D eigenvalue weighted by Gasteiger charge is -2.27. The number of halogens is 1. The third kappa shape index (κ3) is 4.90. The zero-order chi connectivity index (χ0) is 24.5. The number of carbonyl (C=O) groups excluding carboxylic acids is 4. The van der Waals surface area contributed by atoms with Crippen molar-refractivity contribution in [1.29, 1.82) is 0 Å². The quantitative estimate of drug-likeness (QED) is 0.426. The molecule has 2 aromatic carbocycles.